The van der Waals surface area contributed by atoms with Crippen LogP contribution in [0.3, 0.4) is 0 Å². The molecule has 0 aromatic heterocycles. The number of rotatable bonds is 5. The van der Waals surface area contributed by atoms with E-state index in [1.165, 1.54) is 0 Å². The molecule has 1 fully saturated rings. The molecule has 0 aromatic carbocycles. The van der Waals surface area contributed by atoms with Crippen LogP contribution in [0.25, 0.3) is 0 Å². The lowest BCUT2D eigenvalue weighted by Gasteiger charge is -2.31. The predicted molar refractivity (Wildman–Crippen MR) is 66.3 cm³/mol. The summed E-state index contributed by atoms with van der Waals surface area (Å²) in [6.45, 7) is 5.70. The van der Waals surface area contributed by atoms with Gasteiger partial charge >= 0.3 is 0 Å². The van der Waals surface area contributed by atoms with E-state index in [4.69, 9.17) is 5.73 Å². The largest absolute Gasteiger partial charge is 0.369 e. The second-order valence-corrected chi connectivity index (χ2v) is 4.77. The fourth-order valence-electron chi connectivity index (χ4n) is 1.95. The summed E-state index contributed by atoms with van der Waals surface area (Å²) in [6.07, 6.45) is 2.66. The molecule has 0 spiro atoms. The molecule has 1 aliphatic rings. The number of nitrogens with two attached hydrogens (primary N) is 1. The maximum absolute atomic E-state index is 11.9. The number of hydrogen-bond donors (Lipinski definition) is 2. The minimum absolute atomic E-state index is 0.0660. The van der Waals surface area contributed by atoms with Gasteiger partial charge in [0.05, 0.1) is 12.5 Å². The Morgan fingerprint density at radius 1 is 1.53 bits per heavy atom. The van der Waals surface area contributed by atoms with E-state index in [-0.39, 0.29) is 17.7 Å². The van der Waals surface area contributed by atoms with E-state index < -0.39 is 0 Å². The Hall–Kier alpha value is -1.10. The monoisotopic (exact) mass is 241 g/mol. The van der Waals surface area contributed by atoms with Crippen LogP contribution in [0.5, 0.6) is 0 Å². The van der Waals surface area contributed by atoms with E-state index >= 15 is 0 Å². The lowest BCUT2D eigenvalue weighted by atomic mass is 9.97. The Kier molecular flexibility index (Phi) is 5.41. The van der Waals surface area contributed by atoms with E-state index in [9.17, 15) is 9.59 Å². The predicted octanol–water partition coefficient (Wildman–Crippen LogP) is 0.0984. The second-order valence-electron chi connectivity index (χ2n) is 4.77. The van der Waals surface area contributed by atoms with Crippen molar-refractivity contribution in [3.05, 3.63) is 0 Å². The summed E-state index contributed by atoms with van der Waals surface area (Å²) in [4.78, 5) is 24.7. The highest BCUT2D eigenvalue weighted by Crippen LogP contribution is 2.15. The van der Waals surface area contributed by atoms with Gasteiger partial charge in [-0.25, -0.2) is 0 Å². The smallest absolute Gasteiger partial charge is 0.236 e. The molecule has 2 amide bonds. The summed E-state index contributed by atoms with van der Waals surface area (Å²) >= 11 is 0. The summed E-state index contributed by atoms with van der Waals surface area (Å²) in [6, 6.07) is 0.343. The average Bonchev–Trinajstić information content (AvgIpc) is 2.35. The van der Waals surface area contributed by atoms with Gasteiger partial charge in [-0.15, -0.1) is 0 Å². The molecule has 1 rings (SSSR count). The molecule has 3 N–H and O–H groups in total. The number of primary amides is 1. The molecule has 1 aliphatic heterocycles. The van der Waals surface area contributed by atoms with Crippen molar-refractivity contribution in [1.29, 1.82) is 0 Å². The van der Waals surface area contributed by atoms with Crippen LogP contribution < -0.4 is 11.1 Å². The molecule has 17 heavy (non-hydrogen) atoms. The van der Waals surface area contributed by atoms with Gasteiger partial charge in [0, 0.05) is 19.1 Å². The lowest BCUT2D eigenvalue weighted by molar-refractivity contribution is -0.134. The summed E-state index contributed by atoms with van der Waals surface area (Å²) in [7, 11) is 0. The van der Waals surface area contributed by atoms with Crippen molar-refractivity contribution in [3.8, 4) is 0 Å². The first-order valence-electron chi connectivity index (χ1n) is 6.35. The molecule has 0 saturated carbocycles. The third kappa shape index (κ3) is 4.34. The number of piperidine rings is 1. The van der Waals surface area contributed by atoms with Gasteiger partial charge in [-0.2, -0.15) is 0 Å². The van der Waals surface area contributed by atoms with Crippen LogP contribution in [0, 0.1) is 5.92 Å². The molecule has 0 aliphatic carbocycles. The molecule has 5 nitrogen and oxygen atoms in total. The Balaban J connectivity index is 2.38. The number of carbonyl (C=O) groups is 2. The van der Waals surface area contributed by atoms with E-state index in [0.29, 0.717) is 19.1 Å². The highest BCUT2D eigenvalue weighted by atomic mass is 16.2. The van der Waals surface area contributed by atoms with E-state index in [1.54, 1.807) is 4.90 Å². The fraction of sp³-hybridized carbons (Fsp3) is 0.833. The Labute approximate surface area is 103 Å². The summed E-state index contributed by atoms with van der Waals surface area (Å²) in [5.41, 5.74) is 5.28. The lowest BCUT2D eigenvalue weighted by Crippen LogP contribution is -2.47. The minimum atomic E-state index is -0.294. The van der Waals surface area contributed by atoms with Crippen molar-refractivity contribution in [2.75, 3.05) is 19.6 Å². The average molecular weight is 241 g/mol. The van der Waals surface area contributed by atoms with Gasteiger partial charge in [-0.3, -0.25) is 9.59 Å². The highest BCUT2D eigenvalue weighted by Gasteiger charge is 2.26. The fourth-order valence-corrected chi connectivity index (χ4v) is 1.95. The quantitative estimate of drug-likeness (QED) is 0.716. The molecule has 5 heteroatoms. The van der Waals surface area contributed by atoms with Crippen molar-refractivity contribution < 1.29 is 9.59 Å². The SMILES string of the molecule is CCC(C)NCC(=O)N1CCCC(C(N)=O)C1. The standard InChI is InChI=1S/C12H23N3O2/c1-3-9(2)14-7-11(16)15-6-4-5-10(8-15)12(13)17/h9-10,14H,3-8H2,1-2H3,(H2,13,17). The zero-order chi connectivity index (χ0) is 12.8. The number of amides is 2. The highest BCUT2D eigenvalue weighted by molar-refractivity contribution is 5.81. The van der Waals surface area contributed by atoms with Crippen LogP contribution in [-0.4, -0.2) is 42.4 Å². The first kappa shape index (κ1) is 14.0. The van der Waals surface area contributed by atoms with Gasteiger partial charge in [-0.1, -0.05) is 6.92 Å². The summed E-state index contributed by atoms with van der Waals surface area (Å²) in [5.74, 6) is -0.398. The van der Waals surface area contributed by atoms with Gasteiger partial charge in [-0.05, 0) is 26.2 Å². The summed E-state index contributed by atoms with van der Waals surface area (Å²) in [5, 5.41) is 3.17. The molecule has 1 saturated heterocycles. The van der Waals surface area contributed by atoms with Gasteiger partial charge in [0.15, 0.2) is 0 Å². The van der Waals surface area contributed by atoms with Crippen LogP contribution in [0.1, 0.15) is 33.1 Å². The number of hydrogen-bond acceptors (Lipinski definition) is 3. The number of nitrogens with one attached hydrogen (secondary N) is 1. The van der Waals surface area contributed by atoms with Crippen LogP contribution >= 0.6 is 0 Å². The zero-order valence-electron chi connectivity index (χ0n) is 10.7. The van der Waals surface area contributed by atoms with Gasteiger partial charge < -0.3 is 16.0 Å². The number of nitrogens with zero attached hydrogens (tertiary/aromatic N) is 1. The van der Waals surface area contributed by atoms with Gasteiger partial charge in [0.1, 0.15) is 0 Å². The van der Waals surface area contributed by atoms with E-state index in [1.807, 2.05) is 0 Å². The van der Waals surface area contributed by atoms with Crippen LogP contribution in [0.15, 0.2) is 0 Å². The van der Waals surface area contributed by atoms with Crippen molar-refractivity contribution >= 4 is 11.8 Å². The molecule has 0 aromatic rings. The number of carbonyl (C=O) groups excluding carboxylic acids is 2. The molecular weight excluding hydrogens is 218 g/mol. The van der Waals surface area contributed by atoms with Gasteiger partial charge in [0.2, 0.25) is 11.8 Å². The third-order valence-electron chi connectivity index (χ3n) is 3.39. The Morgan fingerprint density at radius 3 is 2.82 bits per heavy atom. The molecule has 0 bridgehead atoms. The van der Waals surface area contributed by atoms with Crippen molar-refractivity contribution in [3.63, 3.8) is 0 Å². The molecule has 2 atom stereocenters. The van der Waals surface area contributed by atoms with E-state index in [0.717, 1.165) is 25.8 Å². The number of likely N-dealkylation sites (tertiary alicyclic amines) is 1. The first-order valence-corrected chi connectivity index (χ1v) is 6.35. The molecular formula is C12H23N3O2. The third-order valence-corrected chi connectivity index (χ3v) is 3.39. The summed E-state index contributed by atoms with van der Waals surface area (Å²) < 4.78 is 0. The molecule has 1 heterocycles. The first-order chi connectivity index (χ1) is 8.04. The molecule has 2 unspecified atom stereocenters. The molecule has 98 valence electrons. The second kappa shape index (κ2) is 6.59. The Morgan fingerprint density at radius 2 is 2.24 bits per heavy atom. The maximum Gasteiger partial charge on any atom is 0.236 e. The Bertz CT molecular complexity index is 281. The zero-order valence-corrected chi connectivity index (χ0v) is 10.7. The van der Waals surface area contributed by atoms with Gasteiger partial charge in [0.25, 0.3) is 0 Å². The van der Waals surface area contributed by atoms with Crippen LogP contribution in [0.2, 0.25) is 0 Å². The molecule has 0 radical (unpaired) electrons. The minimum Gasteiger partial charge on any atom is -0.369 e. The van der Waals surface area contributed by atoms with Crippen LogP contribution in [-0.2, 0) is 9.59 Å². The van der Waals surface area contributed by atoms with Crippen molar-refractivity contribution in [2.24, 2.45) is 11.7 Å². The van der Waals surface area contributed by atoms with Crippen molar-refractivity contribution in [2.45, 2.75) is 39.2 Å². The van der Waals surface area contributed by atoms with E-state index in [2.05, 4.69) is 19.2 Å². The van der Waals surface area contributed by atoms with Crippen molar-refractivity contribution in [1.82, 2.24) is 10.2 Å². The van der Waals surface area contributed by atoms with Crippen LogP contribution in [0.4, 0.5) is 0 Å². The maximum atomic E-state index is 11.9. The normalized spacial score (nSPS) is 22.2. The topological polar surface area (TPSA) is 75.4 Å².